The second-order valence-electron chi connectivity index (χ2n) is 2.57. The van der Waals surface area contributed by atoms with Gasteiger partial charge >= 0.3 is 0 Å². The molecular weight excluding hydrogens is 241 g/mol. The zero-order chi connectivity index (χ0) is 9.42. The Hall–Kier alpha value is -1.24. The van der Waals surface area contributed by atoms with Gasteiger partial charge in [0, 0.05) is 18.3 Å². The number of nitrogens with zero attached hydrogens (tertiary/aromatic N) is 3. The lowest BCUT2D eigenvalue weighted by Crippen LogP contribution is -2.23. The summed E-state index contributed by atoms with van der Waals surface area (Å²) in [5.41, 5.74) is 11.7. The standard InChI is InChI=1S/C7H7N5O.2ClH/c8-1-3-2-10-5-4(3)6(13)12-7(9)11-5;;/h2H,1,8H2,(H2,9,12,13);2*1H. The molecule has 2 aliphatic rings. The molecule has 0 bridgehead atoms. The number of carbonyl (C=O) groups is 1. The zero-order valence-corrected chi connectivity index (χ0v) is 9.14. The van der Waals surface area contributed by atoms with E-state index < -0.39 is 5.91 Å². The van der Waals surface area contributed by atoms with Crippen molar-refractivity contribution in [1.29, 1.82) is 0 Å². The van der Waals surface area contributed by atoms with Crippen LogP contribution in [0.15, 0.2) is 26.1 Å². The van der Waals surface area contributed by atoms with E-state index in [1.165, 1.54) is 6.21 Å². The first kappa shape index (κ1) is 13.8. The molecule has 2 rings (SSSR count). The van der Waals surface area contributed by atoms with Crippen LogP contribution < -0.4 is 11.5 Å². The molecule has 8 heteroatoms. The molecule has 0 aromatic heterocycles. The summed E-state index contributed by atoms with van der Waals surface area (Å²) in [5.74, 6) is -0.155. The van der Waals surface area contributed by atoms with Gasteiger partial charge in [-0.3, -0.25) is 4.79 Å². The maximum atomic E-state index is 11.3. The van der Waals surface area contributed by atoms with Gasteiger partial charge in [-0.15, -0.1) is 24.8 Å². The summed E-state index contributed by atoms with van der Waals surface area (Å²) >= 11 is 0. The van der Waals surface area contributed by atoms with E-state index in [4.69, 9.17) is 11.5 Å². The predicted molar refractivity (Wildman–Crippen MR) is 63.1 cm³/mol. The van der Waals surface area contributed by atoms with Crippen LogP contribution in [-0.2, 0) is 4.79 Å². The van der Waals surface area contributed by atoms with Crippen LogP contribution in [-0.4, -0.2) is 30.5 Å². The lowest BCUT2D eigenvalue weighted by molar-refractivity contribution is -0.113. The van der Waals surface area contributed by atoms with Crippen LogP contribution in [0.25, 0.3) is 0 Å². The molecule has 2 aliphatic heterocycles. The molecule has 0 aliphatic carbocycles. The van der Waals surface area contributed by atoms with Crippen molar-refractivity contribution in [2.75, 3.05) is 6.54 Å². The van der Waals surface area contributed by atoms with Crippen molar-refractivity contribution in [1.82, 2.24) is 0 Å². The van der Waals surface area contributed by atoms with Crippen molar-refractivity contribution >= 4 is 48.7 Å². The minimum Gasteiger partial charge on any atom is -0.368 e. The first-order valence-corrected chi connectivity index (χ1v) is 3.67. The Kier molecular flexibility index (Phi) is 4.60. The number of guanidine groups is 1. The molecule has 0 unspecified atom stereocenters. The predicted octanol–water partition coefficient (Wildman–Crippen LogP) is -0.577. The van der Waals surface area contributed by atoms with E-state index in [9.17, 15) is 4.79 Å². The van der Waals surface area contributed by atoms with E-state index in [1.54, 1.807) is 0 Å². The van der Waals surface area contributed by atoms with Crippen LogP contribution in [0.1, 0.15) is 0 Å². The summed E-state index contributed by atoms with van der Waals surface area (Å²) < 4.78 is 0. The van der Waals surface area contributed by atoms with Crippen LogP contribution in [0.4, 0.5) is 0 Å². The number of hydrogen-bond acceptors (Lipinski definition) is 5. The smallest absolute Gasteiger partial charge is 0.284 e. The average Bonchev–Trinajstić information content (AvgIpc) is 2.47. The fraction of sp³-hybridized carbons (Fsp3) is 0.143. The van der Waals surface area contributed by atoms with Crippen molar-refractivity contribution in [2.45, 2.75) is 0 Å². The highest BCUT2D eigenvalue weighted by molar-refractivity contribution is 6.34. The minimum absolute atomic E-state index is 0. The van der Waals surface area contributed by atoms with Gasteiger partial charge < -0.3 is 11.5 Å². The third-order valence-electron chi connectivity index (χ3n) is 1.76. The minimum atomic E-state index is -0.416. The molecule has 0 saturated carbocycles. The van der Waals surface area contributed by atoms with Crippen LogP contribution in [0, 0.1) is 0 Å². The Morgan fingerprint density at radius 3 is 2.53 bits per heavy atom. The van der Waals surface area contributed by atoms with Crippen molar-refractivity contribution in [3.63, 3.8) is 0 Å². The topological polar surface area (TPSA) is 106 Å². The number of hydrogen-bond donors (Lipinski definition) is 2. The summed E-state index contributed by atoms with van der Waals surface area (Å²) in [7, 11) is 0. The molecule has 15 heavy (non-hydrogen) atoms. The third-order valence-corrected chi connectivity index (χ3v) is 1.76. The fourth-order valence-electron chi connectivity index (χ4n) is 1.18. The Morgan fingerprint density at radius 2 is 1.93 bits per heavy atom. The number of aliphatic imine (C=N–C) groups is 3. The Labute approximate surface area is 98.1 Å². The zero-order valence-electron chi connectivity index (χ0n) is 7.51. The molecule has 0 atom stereocenters. The number of amidine groups is 1. The molecule has 6 nitrogen and oxygen atoms in total. The molecule has 0 fully saturated rings. The van der Waals surface area contributed by atoms with Gasteiger partial charge in [0.2, 0.25) is 5.96 Å². The maximum Gasteiger partial charge on any atom is 0.284 e. The number of rotatable bonds is 1. The molecule has 0 aromatic carbocycles. The molecule has 2 heterocycles. The van der Waals surface area contributed by atoms with E-state index in [0.717, 1.165) is 0 Å². The monoisotopic (exact) mass is 249 g/mol. The first-order chi connectivity index (χ1) is 6.22. The van der Waals surface area contributed by atoms with Crippen LogP contribution >= 0.6 is 24.8 Å². The Balaban J connectivity index is 0.000000980. The second-order valence-corrected chi connectivity index (χ2v) is 2.57. The Bertz CT molecular complexity index is 410. The molecule has 4 N–H and O–H groups in total. The second kappa shape index (κ2) is 5.01. The summed E-state index contributed by atoms with van der Waals surface area (Å²) in [4.78, 5) is 22.5. The van der Waals surface area contributed by atoms with E-state index in [-0.39, 0.29) is 37.3 Å². The molecule has 82 valence electrons. The van der Waals surface area contributed by atoms with Gasteiger partial charge in [0.05, 0.1) is 5.57 Å². The van der Waals surface area contributed by atoms with Crippen LogP contribution in [0.3, 0.4) is 0 Å². The first-order valence-electron chi connectivity index (χ1n) is 3.67. The third kappa shape index (κ3) is 2.23. The summed E-state index contributed by atoms with van der Waals surface area (Å²) in [6.07, 6.45) is 1.51. The van der Waals surface area contributed by atoms with Crippen LogP contribution in [0.5, 0.6) is 0 Å². The van der Waals surface area contributed by atoms with Gasteiger partial charge in [0.1, 0.15) is 0 Å². The van der Waals surface area contributed by atoms with Crippen molar-refractivity contribution in [2.24, 2.45) is 26.4 Å². The van der Waals surface area contributed by atoms with Crippen molar-refractivity contribution in [3.8, 4) is 0 Å². The SMILES string of the molecule is Cl.Cl.NCC1=C2C(=O)N=C(N)N=C2N=C1. The van der Waals surface area contributed by atoms with Crippen LogP contribution in [0.2, 0.25) is 0 Å². The van der Waals surface area contributed by atoms with Gasteiger partial charge in [-0.25, -0.2) is 4.99 Å². The van der Waals surface area contributed by atoms with E-state index in [1.807, 2.05) is 0 Å². The van der Waals surface area contributed by atoms with Gasteiger partial charge in [-0.1, -0.05) is 0 Å². The van der Waals surface area contributed by atoms with E-state index >= 15 is 0 Å². The van der Waals surface area contributed by atoms with Gasteiger partial charge in [-0.2, -0.15) is 9.98 Å². The molecule has 0 spiro atoms. The Morgan fingerprint density at radius 1 is 1.27 bits per heavy atom. The summed E-state index contributed by atoms with van der Waals surface area (Å²) in [6, 6.07) is 0. The lowest BCUT2D eigenvalue weighted by Gasteiger charge is -2.05. The molecular formula is C7H9Cl2N5O. The summed E-state index contributed by atoms with van der Waals surface area (Å²) in [5, 5.41) is 0. The maximum absolute atomic E-state index is 11.3. The average molecular weight is 250 g/mol. The molecule has 0 aromatic rings. The van der Waals surface area contributed by atoms with E-state index in [0.29, 0.717) is 17.0 Å². The van der Waals surface area contributed by atoms with E-state index in [2.05, 4.69) is 15.0 Å². The van der Waals surface area contributed by atoms with Gasteiger partial charge in [0.15, 0.2) is 5.84 Å². The summed E-state index contributed by atoms with van der Waals surface area (Å²) in [6.45, 7) is 0.249. The molecule has 0 radical (unpaired) electrons. The van der Waals surface area contributed by atoms with Crippen molar-refractivity contribution in [3.05, 3.63) is 11.1 Å². The lowest BCUT2D eigenvalue weighted by atomic mass is 10.1. The molecule has 0 saturated heterocycles. The number of halogens is 2. The number of nitrogens with two attached hydrogens (primary N) is 2. The molecule has 1 amide bonds. The van der Waals surface area contributed by atoms with Gasteiger partial charge in [-0.05, 0) is 0 Å². The highest BCUT2D eigenvalue weighted by Crippen LogP contribution is 2.17. The number of fused-ring (bicyclic) bond motifs is 1. The quantitative estimate of drug-likeness (QED) is 0.650. The fourth-order valence-corrected chi connectivity index (χ4v) is 1.18. The number of amides is 1. The number of carbonyl (C=O) groups excluding carboxylic acids is 1. The highest BCUT2D eigenvalue weighted by atomic mass is 35.5. The van der Waals surface area contributed by atoms with Gasteiger partial charge in [0.25, 0.3) is 5.91 Å². The normalized spacial score (nSPS) is 17.5. The van der Waals surface area contributed by atoms with Crippen molar-refractivity contribution < 1.29 is 4.79 Å². The largest absolute Gasteiger partial charge is 0.368 e. The highest BCUT2D eigenvalue weighted by Gasteiger charge is 2.26.